The summed E-state index contributed by atoms with van der Waals surface area (Å²) >= 11 is 0. The van der Waals surface area contributed by atoms with E-state index >= 15 is 0 Å². The molecule has 1 heterocycles. The monoisotopic (exact) mass is 413 g/mol. The van der Waals surface area contributed by atoms with E-state index in [1.807, 2.05) is 13.0 Å². The molecule has 1 aliphatic heterocycles. The fourth-order valence-electron chi connectivity index (χ4n) is 3.47. The molecule has 6 heteroatoms. The van der Waals surface area contributed by atoms with Crippen molar-refractivity contribution < 1.29 is 13.9 Å². The first-order valence-electron chi connectivity index (χ1n) is 10.6. The molecule has 1 fully saturated rings. The standard InChI is InChI=1S/C24H32FN3O2/c1-18-15-22(25)8-7-21(18)9-12-27-24(26-2)28-16-19-3-5-20(6-4-19)17-30-23-10-13-29-14-11-23/h3-8,15,23H,9-14,16-17H2,1-2H3,(H2,26,27,28). The number of hydrogen-bond donors (Lipinski definition) is 2. The van der Waals surface area contributed by atoms with Gasteiger partial charge in [0.05, 0.1) is 12.7 Å². The SMILES string of the molecule is CN=C(NCCc1ccc(F)cc1C)NCc1ccc(COC2CCOCC2)cc1. The van der Waals surface area contributed by atoms with Gasteiger partial charge in [0.2, 0.25) is 0 Å². The quantitative estimate of drug-likeness (QED) is 0.511. The summed E-state index contributed by atoms with van der Waals surface area (Å²) in [5.74, 6) is 0.560. The number of aliphatic imine (C=N–C) groups is 1. The second-order valence-electron chi connectivity index (χ2n) is 7.61. The number of hydrogen-bond acceptors (Lipinski definition) is 3. The third-order valence-electron chi connectivity index (χ3n) is 5.35. The van der Waals surface area contributed by atoms with E-state index in [0.29, 0.717) is 19.3 Å². The van der Waals surface area contributed by atoms with Gasteiger partial charge < -0.3 is 20.1 Å². The Bertz CT molecular complexity index is 818. The minimum atomic E-state index is -0.192. The van der Waals surface area contributed by atoms with Crippen molar-refractivity contribution >= 4 is 5.96 Å². The highest BCUT2D eigenvalue weighted by atomic mass is 19.1. The second-order valence-corrected chi connectivity index (χ2v) is 7.61. The van der Waals surface area contributed by atoms with E-state index in [1.165, 1.54) is 17.2 Å². The zero-order valence-electron chi connectivity index (χ0n) is 17.9. The molecule has 2 aromatic carbocycles. The first kappa shape index (κ1) is 22.2. The van der Waals surface area contributed by atoms with Crippen molar-refractivity contribution in [3.63, 3.8) is 0 Å². The fourth-order valence-corrected chi connectivity index (χ4v) is 3.47. The molecule has 1 aliphatic rings. The Balaban J connectivity index is 1.38. The van der Waals surface area contributed by atoms with Crippen molar-refractivity contribution in [1.29, 1.82) is 0 Å². The summed E-state index contributed by atoms with van der Waals surface area (Å²) in [6, 6.07) is 13.4. The first-order valence-corrected chi connectivity index (χ1v) is 10.6. The predicted molar refractivity (Wildman–Crippen MR) is 118 cm³/mol. The number of ether oxygens (including phenoxy) is 2. The fraction of sp³-hybridized carbons (Fsp3) is 0.458. The molecule has 0 radical (unpaired) electrons. The van der Waals surface area contributed by atoms with Gasteiger partial charge in [-0.05, 0) is 60.6 Å². The minimum absolute atomic E-state index is 0.192. The van der Waals surface area contributed by atoms with Crippen LogP contribution in [0.15, 0.2) is 47.5 Å². The van der Waals surface area contributed by atoms with Gasteiger partial charge >= 0.3 is 0 Å². The van der Waals surface area contributed by atoms with E-state index in [4.69, 9.17) is 9.47 Å². The summed E-state index contributed by atoms with van der Waals surface area (Å²) in [6.07, 6.45) is 3.09. The van der Waals surface area contributed by atoms with Crippen molar-refractivity contribution in [2.24, 2.45) is 4.99 Å². The number of benzene rings is 2. The lowest BCUT2D eigenvalue weighted by Gasteiger charge is -2.22. The third-order valence-corrected chi connectivity index (χ3v) is 5.35. The molecule has 0 aliphatic carbocycles. The molecule has 162 valence electrons. The molecule has 0 unspecified atom stereocenters. The third kappa shape index (κ3) is 7.11. The second kappa shape index (κ2) is 11.7. The maximum absolute atomic E-state index is 13.2. The number of guanidine groups is 1. The molecule has 0 atom stereocenters. The summed E-state index contributed by atoms with van der Waals surface area (Å²) in [5, 5.41) is 6.65. The molecule has 0 spiro atoms. The number of aryl methyl sites for hydroxylation is 1. The molecule has 0 bridgehead atoms. The summed E-state index contributed by atoms with van der Waals surface area (Å²) < 4.78 is 24.5. The normalized spacial score (nSPS) is 15.2. The van der Waals surface area contributed by atoms with Gasteiger partial charge in [0.1, 0.15) is 5.82 Å². The van der Waals surface area contributed by atoms with E-state index in [2.05, 4.69) is 39.9 Å². The molecule has 0 amide bonds. The van der Waals surface area contributed by atoms with Crippen LogP contribution in [0.25, 0.3) is 0 Å². The van der Waals surface area contributed by atoms with E-state index in [0.717, 1.165) is 56.1 Å². The molecule has 5 nitrogen and oxygen atoms in total. The van der Waals surface area contributed by atoms with Crippen molar-refractivity contribution in [2.45, 2.75) is 45.4 Å². The van der Waals surface area contributed by atoms with Crippen molar-refractivity contribution in [3.8, 4) is 0 Å². The van der Waals surface area contributed by atoms with Crippen molar-refractivity contribution in [2.75, 3.05) is 26.8 Å². The van der Waals surface area contributed by atoms with Crippen LogP contribution in [-0.2, 0) is 29.0 Å². The van der Waals surface area contributed by atoms with Gasteiger partial charge in [0, 0.05) is 33.4 Å². The van der Waals surface area contributed by atoms with E-state index < -0.39 is 0 Å². The molecule has 2 N–H and O–H groups in total. The van der Waals surface area contributed by atoms with Crippen molar-refractivity contribution in [1.82, 2.24) is 10.6 Å². The van der Waals surface area contributed by atoms with Crippen LogP contribution >= 0.6 is 0 Å². The van der Waals surface area contributed by atoms with Crippen LogP contribution in [-0.4, -0.2) is 38.9 Å². The molecule has 30 heavy (non-hydrogen) atoms. The van der Waals surface area contributed by atoms with Crippen LogP contribution in [0.2, 0.25) is 0 Å². The number of nitrogens with zero attached hydrogens (tertiary/aromatic N) is 1. The van der Waals surface area contributed by atoms with Crippen LogP contribution in [0.4, 0.5) is 4.39 Å². The number of nitrogens with one attached hydrogen (secondary N) is 2. The van der Waals surface area contributed by atoms with Gasteiger partial charge in [-0.2, -0.15) is 0 Å². The average Bonchev–Trinajstić information content (AvgIpc) is 2.77. The molecule has 1 saturated heterocycles. The summed E-state index contributed by atoms with van der Waals surface area (Å²) in [4.78, 5) is 4.27. The minimum Gasteiger partial charge on any atom is -0.381 e. The molecular weight excluding hydrogens is 381 g/mol. The van der Waals surface area contributed by atoms with Gasteiger partial charge in [-0.25, -0.2) is 4.39 Å². The summed E-state index contributed by atoms with van der Waals surface area (Å²) in [7, 11) is 1.76. The van der Waals surface area contributed by atoms with Gasteiger partial charge in [0.25, 0.3) is 0 Å². The highest BCUT2D eigenvalue weighted by Gasteiger charge is 2.13. The molecule has 0 aromatic heterocycles. The van der Waals surface area contributed by atoms with Crippen LogP contribution in [0.1, 0.15) is 35.1 Å². The Morgan fingerprint density at radius 2 is 1.83 bits per heavy atom. The topological polar surface area (TPSA) is 54.9 Å². The highest BCUT2D eigenvalue weighted by molar-refractivity contribution is 5.79. The smallest absolute Gasteiger partial charge is 0.191 e. The van der Waals surface area contributed by atoms with Crippen LogP contribution in [0.5, 0.6) is 0 Å². The van der Waals surface area contributed by atoms with Gasteiger partial charge in [-0.15, -0.1) is 0 Å². The van der Waals surface area contributed by atoms with Crippen LogP contribution < -0.4 is 10.6 Å². The Morgan fingerprint density at radius 3 is 2.53 bits per heavy atom. The Kier molecular flexibility index (Phi) is 8.66. The Labute approximate surface area is 178 Å². The number of halogens is 1. The maximum atomic E-state index is 13.2. The Hall–Kier alpha value is -2.44. The molecule has 0 saturated carbocycles. The lowest BCUT2D eigenvalue weighted by Crippen LogP contribution is -2.37. The van der Waals surface area contributed by atoms with Gasteiger partial charge in [-0.3, -0.25) is 4.99 Å². The zero-order valence-corrected chi connectivity index (χ0v) is 17.9. The largest absolute Gasteiger partial charge is 0.381 e. The number of rotatable bonds is 8. The van der Waals surface area contributed by atoms with Crippen LogP contribution in [0.3, 0.4) is 0 Å². The van der Waals surface area contributed by atoms with E-state index in [-0.39, 0.29) is 5.82 Å². The average molecular weight is 414 g/mol. The van der Waals surface area contributed by atoms with Gasteiger partial charge in [0.15, 0.2) is 5.96 Å². The van der Waals surface area contributed by atoms with E-state index in [9.17, 15) is 4.39 Å². The molecule has 2 aromatic rings. The first-order chi connectivity index (χ1) is 14.6. The lowest BCUT2D eigenvalue weighted by atomic mass is 10.1. The molecular formula is C24H32FN3O2. The highest BCUT2D eigenvalue weighted by Crippen LogP contribution is 2.14. The zero-order chi connectivity index (χ0) is 21.2. The van der Waals surface area contributed by atoms with Gasteiger partial charge in [-0.1, -0.05) is 30.3 Å². The predicted octanol–water partition coefficient (Wildman–Crippen LogP) is 3.74. The lowest BCUT2D eigenvalue weighted by molar-refractivity contribution is -0.0390. The Morgan fingerprint density at radius 1 is 1.10 bits per heavy atom. The van der Waals surface area contributed by atoms with E-state index in [1.54, 1.807) is 13.1 Å². The van der Waals surface area contributed by atoms with Crippen LogP contribution in [0, 0.1) is 12.7 Å². The maximum Gasteiger partial charge on any atom is 0.191 e. The molecule has 3 rings (SSSR count). The summed E-state index contributed by atoms with van der Waals surface area (Å²) in [6.45, 7) is 5.60. The summed E-state index contributed by atoms with van der Waals surface area (Å²) in [5.41, 5.74) is 4.48. The van der Waals surface area contributed by atoms with Crippen molar-refractivity contribution in [3.05, 3.63) is 70.5 Å².